The van der Waals surface area contributed by atoms with E-state index in [0.29, 0.717) is 5.92 Å². The van der Waals surface area contributed by atoms with Gasteiger partial charge in [0.25, 0.3) is 0 Å². The fraction of sp³-hybridized carbons (Fsp3) is 0.667. The van der Waals surface area contributed by atoms with Crippen LogP contribution in [0.3, 0.4) is 0 Å². The first-order valence-corrected chi connectivity index (χ1v) is 4.26. The molecule has 1 rings (SSSR count). The summed E-state index contributed by atoms with van der Waals surface area (Å²) in [5.41, 5.74) is 1.21. The van der Waals surface area contributed by atoms with E-state index in [2.05, 4.69) is 46.8 Å². The Kier molecular flexibility index (Phi) is 2.28. The largest absolute Gasteiger partial charge is 0.251 e. The van der Waals surface area contributed by atoms with E-state index in [-0.39, 0.29) is 0 Å². The Hall–Kier alpha value is -0.130. The summed E-state index contributed by atoms with van der Waals surface area (Å²) >= 11 is 2.20. The molecule has 4 heteroatoms. The van der Waals surface area contributed by atoms with Crippen LogP contribution in [0.1, 0.15) is 25.5 Å². The Labute approximate surface area is 73.9 Å². The second kappa shape index (κ2) is 2.86. The van der Waals surface area contributed by atoms with Crippen LogP contribution in [-0.4, -0.2) is 15.0 Å². The van der Waals surface area contributed by atoms with Crippen LogP contribution < -0.4 is 0 Å². The minimum absolute atomic E-state index is 0.506. The van der Waals surface area contributed by atoms with Gasteiger partial charge in [-0.1, -0.05) is 19.1 Å². The van der Waals surface area contributed by atoms with Crippen molar-refractivity contribution in [2.24, 2.45) is 7.05 Å². The first-order valence-electron chi connectivity index (χ1n) is 3.18. The van der Waals surface area contributed by atoms with Crippen molar-refractivity contribution in [3.8, 4) is 0 Å². The fourth-order valence-electron chi connectivity index (χ4n) is 0.951. The van der Waals surface area contributed by atoms with Crippen LogP contribution in [0.4, 0.5) is 0 Å². The maximum Gasteiger partial charge on any atom is 0.146 e. The van der Waals surface area contributed by atoms with E-state index >= 15 is 0 Å². The summed E-state index contributed by atoms with van der Waals surface area (Å²) in [5, 5.41) is 7.83. The van der Waals surface area contributed by atoms with Crippen LogP contribution in [-0.2, 0) is 7.05 Å². The number of aryl methyl sites for hydroxylation is 1. The molecule has 0 atom stereocenters. The zero-order valence-electron chi connectivity index (χ0n) is 6.30. The van der Waals surface area contributed by atoms with Gasteiger partial charge in [0.1, 0.15) is 3.70 Å². The monoisotopic (exact) mass is 251 g/mol. The molecular weight excluding hydrogens is 241 g/mol. The fourth-order valence-corrected chi connectivity index (χ4v) is 2.02. The van der Waals surface area contributed by atoms with E-state index in [1.165, 1.54) is 5.69 Å². The molecular formula is C6H10IN3. The molecule has 0 N–H and O–H groups in total. The molecule has 0 aliphatic rings. The first kappa shape index (κ1) is 7.97. The van der Waals surface area contributed by atoms with Gasteiger partial charge >= 0.3 is 0 Å². The highest BCUT2D eigenvalue weighted by Crippen LogP contribution is 2.17. The lowest BCUT2D eigenvalue weighted by atomic mass is 10.1. The highest BCUT2D eigenvalue weighted by molar-refractivity contribution is 14.1. The minimum Gasteiger partial charge on any atom is -0.251 e. The predicted octanol–water partition coefficient (Wildman–Crippen LogP) is 1.54. The molecule has 0 saturated carbocycles. The van der Waals surface area contributed by atoms with E-state index in [4.69, 9.17) is 0 Å². The van der Waals surface area contributed by atoms with Crippen molar-refractivity contribution in [2.75, 3.05) is 0 Å². The SMILES string of the molecule is CC(C)c1c(I)nnn1C. The van der Waals surface area contributed by atoms with Crippen molar-refractivity contribution in [2.45, 2.75) is 19.8 Å². The van der Waals surface area contributed by atoms with Crippen molar-refractivity contribution < 1.29 is 0 Å². The third-order valence-electron chi connectivity index (χ3n) is 1.37. The van der Waals surface area contributed by atoms with Gasteiger partial charge in [-0.25, -0.2) is 0 Å². The molecule has 3 nitrogen and oxygen atoms in total. The number of hydrogen-bond donors (Lipinski definition) is 0. The lowest BCUT2D eigenvalue weighted by Gasteiger charge is -2.03. The lowest BCUT2D eigenvalue weighted by Crippen LogP contribution is -2.00. The van der Waals surface area contributed by atoms with Crippen molar-refractivity contribution in [1.82, 2.24) is 15.0 Å². The van der Waals surface area contributed by atoms with Gasteiger partial charge in [-0.05, 0) is 28.5 Å². The third-order valence-corrected chi connectivity index (χ3v) is 2.14. The molecule has 0 bridgehead atoms. The topological polar surface area (TPSA) is 30.7 Å². The van der Waals surface area contributed by atoms with E-state index in [1.807, 2.05) is 11.7 Å². The number of nitrogens with zero attached hydrogens (tertiary/aromatic N) is 3. The van der Waals surface area contributed by atoms with Crippen molar-refractivity contribution >= 4 is 22.6 Å². The lowest BCUT2D eigenvalue weighted by molar-refractivity contribution is 0.647. The molecule has 0 aliphatic carbocycles. The highest BCUT2D eigenvalue weighted by Gasteiger charge is 2.10. The minimum atomic E-state index is 0.506. The Morgan fingerprint density at radius 3 is 2.30 bits per heavy atom. The van der Waals surface area contributed by atoms with Crippen LogP contribution >= 0.6 is 22.6 Å². The molecule has 1 aromatic rings. The zero-order valence-corrected chi connectivity index (χ0v) is 8.45. The summed E-state index contributed by atoms with van der Waals surface area (Å²) in [6.45, 7) is 4.28. The molecule has 1 heterocycles. The highest BCUT2D eigenvalue weighted by atomic mass is 127. The summed E-state index contributed by atoms with van der Waals surface area (Å²) in [6, 6.07) is 0. The molecule has 0 aliphatic heterocycles. The molecule has 0 radical (unpaired) electrons. The van der Waals surface area contributed by atoms with Gasteiger partial charge in [0.05, 0.1) is 5.69 Å². The van der Waals surface area contributed by atoms with E-state index in [0.717, 1.165) is 3.70 Å². The average molecular weight is 251 g/mol. The van der Waals surface area contributed by atoms with Gasteiger partial charge in [-0.2, -0.15) is 0 Å². The molecule has 0 fully saturated rings. The second-order valence-electron chi connectivity index (χ2n) is 2.54. The quantitative estimate of drug-likeness (QED) is 0.709. The molecule has 0 saturated heterocycles. The first-order chi connectivity index (χ1) is 4.63. The van der Waals surface area contributed by atoms with Crippen molar-refractivity contribution in [3.05, 3.63) is 9.39 Å². The summed E-state index contributed by atoms with van der Waals surface area (Å²) in [5.74, 6) is 0.506. The van der Waals surface area contributed by atoms with Gasteiger partial charge < -0.3 is 0 Å². The molecule has 0 amide bonds. The standard InChI is InChI=1S/C6H10IN3/c1-4(2)5-6(7)8-9-10(5)3/h4H,1-3H3. The number of halogens is 1. The Balaban J connectivity index is 3.10. The summed E-state index contributed by atoms with van der Waals surface area (Å²) < 4.78 is 2.84. The average Bonchev–Trinajstić information content (AvgIpc) is 2.11. The molecule has 0 aromatic carbocycles. The molecule has 1 aromatic heterocycles. The van der Waals surface area contributed by atoms with Crippen LogP contribution in [0.2, 0.25) is 0 Å². The van der Waals surface area contributed by atoms with Crippen LogP contribution in [0.5, 0.6) is 0 Å². The van der Waals surface area contributed by atoms with Gasteiger partial charge in [-0.15, -0.1) is 5.10 Å². The smallest absolute Gasteiger partial charge is 0.146 e. The Morgan fingerprint density at radius 1 is 1.50 bits per heavy atom. The Morgan fingerprint density at radius 2 is 2.10 bits per heavy atom. The van der Waals surface area contributed by atoms with Crippen molar-refractivity contribution in [3.63, 3.8) is 0 Å². The van der Waals surface area contributed by atoms with Gasteiger partial charge in [0.15, 0.2) is 0 Å². The van der Waals surface area contributed by atoms with Crippen molar-refractivity contribution in [1.29, 1.82) is 0 Å². The van der Waals surface area contributed by atoms with Crippen LogP contribution in [0, 0.1) is 3.70 Å². The van der Waals surface area contributed by atoms with Gasteiger partial charge in [-0.3, -0.25) is 4.68 Å². The third kappa shape index (κ3) is 1.31. The maximum absolute atomic E-state index is 3.94. The number of aromatic nitrogens is 3. The van der Waals surface area contributed by atoms with E-state index < -0.39 is 0 Å². The molecule has 56 valence electrons. The molecule has 10 heavy (non-hydrogen) atoms. The predicted molar refractivity (Wildman–Crippen MR) is 47.8 cm³/mol. The maximum atomic E-state index is 3.94. The van der Waals surface area contributed by atoms with E-state index in [1.54, 1.807) is 0 Å². The van der Waals surface area contributed by atoms with Gasteiger partial charge in [0, 0.05) is 7.05 Å². The van der Waals surface area contributed by atoms with Crippen LogP contribution in [0.25, 0.3) is 0 Å². The summed E-state index contributed by atoms with van der Waals surface area (Å²) in [7, 11) is 1.92. The normalized spacial score (nSPS) is 10.9. The molecule has 0 unspecified atom stereocenters. The number of rotatable bonds is 1. The van der Waals surface area contributed by atoms with E-state index in [9.17, 15) is 0 Å². The van der Waals surface area contributed by atoms with Crippen LogP contribution in [0.15, 0.2) is 0 Å². The zero-order chi connectivity index (χ0) is 7.72. The summed E-state index contributed by atoms with van der Waals surface area (Å²) in [4.78, 5) is 0. The number of hydrogen-bond acceptors (Lipinski definition) is 2. The second-order valence-corrected chi connectivity index (χ2v) is 3.57. The van der Waals surface area contributed by atoms with Gasteiger partial charge in [0.2, 0.25) is 0 Å². The summed E-state index contributed by atoms with van der Waals surface area (Å²) in [6.07, 6.45) is 0. The Bertz CT molecular complexity index is 209. The molecule has 0 spiro atoms.